The number of rotatable bonds is 6. The number of anilines is 1. The van der Waals surface area contributed by atoms with E-state index < -0.39 is 0 Å². The first-order valence-corrected chi connectivity index (χ1v) is 9.24. The van der Waals surface area contributed by atoms with Gasteiger partial charge >= 0.3 is 5.97 Å². The predicted molar refractivity (Wildman–Crippen MR) is 95.1 cm³/mol. The highest BCUT2D eigenvalue weighted by Gasteiger charge is 2.16. The molecule has 25 heavy (non-hydrogen) atoms. The Bertz CT molecular complexity index is 888. The Morgan fingerprint density at radius 3 is 3.04 bits per heavy atom. The van der Waals surface area contributed by atoms with E-state index in [2.05, 4.69) is 20.4 Å². The number of nitrogens with one attached hydrogen (secondary N) is 1. The van der Waals surface area contributed by atoms with Gasteiger partial charge in [0.15, 0.2) is 0 Å². The first kappa shape index (κ1) is 17.4. The van der Waals surface area contributed by atoms with Crippen molar-refractivity contribution in [3.05, 3.63) is 35.0 Å². The van der Waals surface area contributed by atoms with Crippen LogP contribution in [0.5, 0.6) is 0 Å². The number of nitrogens with zero attached hydrogens (tertiary/aromatic N) is 4. The summed E-state index contributed by atoms with van der Waals surface area (Å²) in [6.07, 6.45) is 3.37. The molecule has 8 nitrogen and oxygen atoms in total. The number of esters is 1. The summed E-state index contributed by atoms with van der Waals surface area (Å²) in [7, 11) is 0. The van der Waals surface area contributed by atoms with Gasteiger partial charge < -0.3 is 10.1 Å². The molecule has 0 fully saturated rings. The molecule has 10 heteroatoms. The fourth-order valence-corrected chi connectivity index (χ4v) is 3.63. The van der Waals surface area contributed by atoms with Gasteiger partial charge in [-0.25, -0.2) is 14.3 Å². The molecule has 130 valence electrons. The van der Waals surface area contributed by atoms with Crippen molar-refractivity contribution in [3.8, 4) is 0 Å². The number of thioether (sulfide) groups is 1. The van der Waals surface area contributed by atoms with Crippen LogP contribution in [-0.2, 0) is 9.53 Å². The number of hydrogen-bond acceptors (Lipinski definition) is 8. The molecule has 0 spiro atoms. The summed E-state index contributed by atoms with van der Waals surface area (Å²) in [5, 5.41) is 8.08. The van der Waals surface area contributed by atoms with Crippen LogP contribution in [0, 0.1) is 6.92 Å². The van der Waals surface area contributed by atoms with E-state index >= 15 is 0 Å². The maximum absolute atomic E-state index is 12.1. The average molecular weight is 377 g/mol. The number of ether oxygens (including phenoxy) is 1. The van der Waals surface area contributed by atoms with Crippen molar-refractivity contribution in [1.82, 2.24) is 19.6 Å². The lowest BCUT2D eigenvalue weighted by molar-refractivity contribution is -0.113. The Morgan fingerprint density at radius 2 is 2.28 bits per heavy atom. The standard InChI is InChI=1S/C15H15N5O3S2/c1-3-23-13(22)12-9(2)7-11(25-12)17-10(21)8-24-15-18-14-16-5-4-6-20(14)19-15/h4-7H,3,8H2,1-2H3,(H,17,21). The molecule has 1 amide bonds. The number of carbonyl (C=O) groups excluding carboxylic acids is 2. The van der Waals surface area contributed by atoms with Crippen molar-refractivity contribution in [2.75, 3.05) is 17.7 Å². The van der Waals surface area contributed by atoms with E-state index in [4.69, 9.17) is 4.74 Å². The second-order valence-electron chi connectivity index (χ2n) is 4.94. The molecule has 0 aliphatic heterocycles. The number of hydrogen-bond donors (Lipinski definition) is 1. The van der Waals surface area contributed by atoms with E-state index in [-0.39, 0.29) is 17.6 Å². The average Bonchev–Trinajstić information content (AvgIpc) is 3.16. The fourth-order valence-electron chi connectivity index (χ4n) is 2.02. The molecule has 0 saturated heterocycles. The summed E-state index contributed by atoms with van der Waals surface area (Å²) < 4.78 is 6.54. The van der Waals surface area contributed by atoms with Crippen molar-refractivity contribution < 1.29 is 14.3 Å². The molecule has 0 radical (unpaired) electrons. The second kappa shape index (κ2) is 7.62. The van der Waals surface area contributed by atoms with Gasteiger partial charge in [-0.1, -0.05) is 11.8 Å². The van der Waals surface area contributed by atoms with Gasteiger partial charge in [-0.2, -0.15) is 4.98 Å². The van der Waals surface area contributed by atoms with Gasteiger partial charge in [0.05, 0.1) is 17.4 Å². The SMILES string of the molecule is CCOC(=O)c1sc(NC(=O)CSc2nc3ncccn3n2)cc1C. The first-order valence-electron chi connectivity index (χ1n) is 7.44. The maximum atomic E-state index is 12.1. The van der Waals surface area contributed by atoms with Gasteiger partial charge in [-0.15, -0.1) is 16.4 Å². The monoisotopic (exact) mass is 377 g/mol. The molecule has 0 saturated carbocycles. The summed E-state index contributed by atoms with van der Waals surface area (Å²) in [4.78, 5) is 32.7. The maximum Gasteiger partial charge on any atom is 0.348 e. The van der Waals surface area contributed by atoms with Crippen LogP contribution in [0.1, 0.15) is 22.2 Å². The Hall–Kier alpha value is -2.46. The summed E-state index contributed by atoms with van der Waals surface area (Å²) in [6.45, 7) is 3.87. The largest absolute Gasteiger partial charge is 0.462 e. The smallest absolute Gasteiger partial charge is 0.348 e. The Balaban J connectivity index is 1.59. The summed E-state index contributed by atoms with van der Waals surface area (Å²) >= 11 is 2.42. The third-order valence-electron chi connectivity index (χ3n) is 3.07. The lowest BCUT2D eigenvalue weighted by Crippen LogP contribution is -2.13. The molecular formula is C15H15N5O3S2. The summed E-state index contributed by atoms with van der Waals surface area (Å²) in [5.74, 6) is 0.0656. The molecule has 0 aliphatic carbocycles. The minimum atomic E-state index is -0.374. The van der Waals surface area contributed by atoms with E-state index in [1.54, 1.807) is 42.9 Å². The highest BCUT2D eigenvalue weighted by atomic mass is 32.2. The molecule has 1 N–H and O–H groups in total. The summed E-state index contributed by atoms with van der Waals surface area (Å²) in [6, 6.07) is 3.51. The Kier molecular flexibility index (Phi) is 5.29. The number of fused-ring (bicyclic) bond motifs is 1. The number of amides is 1. The van der Waals surface area contributed by atoms with Crippen LogP contribution in [-0.4, -0.2) is 43.8 Å². The minimum Gasteiger partial charge on any atom is -0.462 e. The topological polar surface area (TPSA) is 98.5 Å². The van der Waals surface area contributed by atoms with Crippen molar-refractivity contribution in [3.63, 3.8) is 0 Å². The molecule has 0 aromatic carbocycles. The van der Waals surface area contributed by atoms with Gasteiger partial charge in [0.2, 0.25) is 11.1 Å². The fraction of sp³-hybridized carbons (Fsp3) is 0.267. The van der Waals surface area contributed by atoms with E-state index in [0.717, 1.165) is 5.56 Å². The predicted octanol–water partition coefficient (Wildman–Crippen LogP) is 2.40. The number of thiophene rings is 1. The summed E-state index contributed by atoms with van der Waals surface area (Å²) in [5.41, 5.74) is 0.777. The molecule has 3 rings (SSSR count). The highest BCUT2D eigenvalue weighted by molar-refractivity contribution is 7.99. The van der Waals surface area contributed by atoms with Crippen LogP contribution in [0.3, 0.4) is 0 Å². The van der Waals surface area contributed by atoms with E-state index in [1.165, 1.54) is 23.1 Å². The zero-order valence-corrected chi connectivity index (χ0v) is 15.2. The van der Waals surface area contributed by atoms with Gasteiger partial charge in [-0.3, -0.25) is 4.79 Å². The lowest BCUT2D eigenvalue weighted by atomic mass is 10.3. The zero-order valence-electron chi connectivity index (χ0n) is 13.6. The van der Waals surface area contributed by atoms with Crippen molar-refractivity contribution in [2.24, 2.45) is 0 Å². The van der Waals surface area contributed by atoms with Crippen LogP contribution in [0.15, 0.2) is 29.7 Å². The molecule has 0 atom stereocenters. The van der Waals surface area contributed by atoms with Crippen LogP contribution < -0.4 is 5.32 Å². The number of aromatic nitrogens is 4. The first-order chi connectivity index (χ1) is 12.1. The van der Waals surface area contributed by atoms with Gasteiger partial charge in [0.1, 0.15) is 4.88 Å². The molecule has 3 aromatic heterocycles. The second-order valence-corrected chi connectivity index (χ2v) is 6.93. The van der Waals surface area contributed by atoms with Crippen molar-refractivity contribution in [2.45, 2.75) is 19.0 Å². The molecular weight excluding hydrogens is 362 g/mol. The normalized spacial score (nSPS) is 10.8. The molecule has 0 aliphatic rings. The van der Waals surface area contributed by atoms with Crippen LogP contribution >= 0.6 is 23.1 Å². The molecule has 0 bridgehead atoms. The van der Waals surface area contributed by atoms with E-state index in [9.17, 15) is 9.59 Å². The van der Waals surface area contributed by atoms with Crippen LogP contribution in [0.2, 0.25) is 0 Å². The lowest BCUT2D eigenvalue weighted by Gasteiger charge is -2.00. The molecule has 3 aromatic rings. The quantitative estimate of drug-likeness (QED) is 0.520. The minimum absolute atomic E-state index is 0.155. The van der Waals surface area contributed by atoms with E-state index in [1.807, 2.05) is 0 Å². The van der Waals surface area contributed by atoms with Crippen LogP contribution in [0.25, 0.3) is 5.78 Å². The third kappa shape index (κ3) is 4.15. The van der Waals surface area contributed by atoms with Crippen LogP contribution in [0.4, 0.5) is 5.00 Å². The van der Waals surface area contributed by atoms with Gasteiger partial charge in [0, 0.05) is 12.4 Å². The van der Waals surface area contributed by atoms with E-state index in [0.29, 0.717) is 27.4 Å². The molecule has 3 heterocycles. The van der Waals surface area contributed by atoms with Crippen molar-refractivity contribution >= 4 is 45.8 Å². The van der Waals surface area contributed by atoms with Gasteiger partial charge in [0.25, 0.3) is 5.78 Å². The molecule has 0 unspecified atom stereocenters. The third-order valence-corrected chi connectivity index (χ3v) is 5.04. The highest BCUT2D eigenvalue weighted by Crippen LogP contribution is 2.27. The Morgan fingerprint density at radius 1 is 1.44 bits per heavy atom. The van der Waals surface area contributed by atoms with Gasteiger partial charge in [-0.05, 0) is 31.5 Å². The van der Waals surface area contributed by atoms with Crippen molar-refractivity contribution in [1.29, 1.82) is 0 Å². The Labute approximate surface area is 151 Å². The zero-order chi connectivity index (χ0) is 17.8. The number of carbonyl (C=O) groups is 2. The number of aryl methyl sites for hydroxylation is 1.